The number of benzene rings is 1. The van der Waals surface area contributed by atoms with Gasteiger partial charge in [0.1, 0.15) is 0 Å². The number of nitrogens with two attached hydrogens (primary N) is 1. The van der Waals surface area contributed by atoms with Crippen molar-refractivity contribution >= 4 is 0 Å². The van der Waals surface area contributed by atoms with Gasteiger partial charge in [-0.3, -0.25) is 0 Å². The molecule has 72 valence electrons. The molecule has 0 aliphatic rings. The predicted molar refractivity (Wildman–Crippen MR) is 45.7 cm³/mol. The Kier molecular flexibility index (Phi) is 3.19. The van der Waals surface area contributed by atoms with Crippen molar-refractivity contribution in [1.29, 1.82) is 0 Å². The van der Waals surface area contributed by atoms with Gasteiger partial charge >= 0.3 is 0 Å². The molecule has 4 heteroatoms. The van der Waals surface area contributed by atoms with Gasteiger partial charge < -0.3 is 10.5 Å². The monoisotopic (exact) mass is 187 g/mol. The zero-order chi connectivity index (χ0) is 9.84. The molecule has 0 spiro atoms. The zero-order valence-corrected chi connectivity index (χ0v) is 7.31. The topological polar surface area (TPSA) is 35.2 Å². The molecule has 1 aromatic carbocycles. The number of hydrogen-bond acceptors (Lipinski definition) is 2. The highest BCUT2D eigenvalue weighted by Crippen LogP contribution is 2.21. The minimum absolute atomic E-state index is 0.0801. The van der Waals surface area contributed by atoms with Gasteiger partial charge in [-0.05, 0) is 30.7 Å². The molecule has 0 saturated carbocycles. The molecule has 2 nitrogen and oxygen atoms in total. The van der Waals surface area contributed by atoms with Crippen LogP contribution in [-0.4, -0.2) is 13.7 Å². The summed E-state index contributed by atoms with van der Waals surface area (Å²) >= 11 is 0. The summed E-state index contributed by atoms with van der Waals surface area (Å²) in [4.78, 5) is 0. The lowest BCUT2D eigenvalue weighted by atomic mass is 10.1. The molecule has 0 unspecified atom stereocenters. The van der Waals surface area contributed by atoms with Gasteiger partial charge in [-0.15, -0.1) is 0 Å². The van der Waals surface area contributed by atoms with Crippen molar-refractivity contribution in [2.24, 2.45) is 5.73 Å². The van der Waals surface area contributed by atoms with E-state index in [2.05, 4.69) is 4.74 Å². The van der Waals surface area contributed by atoms with Crippen molar-refractivity contribution in [2.75, 3.05) is 13.7 Å². The summed E-state index contributed by atoms with van der Waals surface area (Å²) < 4.78 is 30.4. The molecule has 0 saturated heterocycles. The van der Waals surface area contributed by atoms with Crippen LogP contribution in [0, 0.1) is 11.6 Å². The molecule has 0 aliphatic heterocycles. The Hall–Kier alpha value is -1.16. The highest BCUT2D eigenvalue weighted by atomic mass is 19.2. The van der Waals surface area contributed by atoms with Gasteiger partial charge in [0.25, 0.3) is 0 Å². The summed E-state index contributed by atoms with van der Waals surface area (Å²) in [6.07, 6.45) is 0.507. The van der Waals surface area contributed by atoms with Crippen LogP contribution in [0.2, 0.25) is 0 Å². The third kappa shape index (κ3) is 2.15. The smallest absolute Gasteiger partial charge is 0.200 e. The van der Waals surface area contributed by atoms with Crippen LogP contribution in [0.3, 0.4) is 0 Å². The maximum atomic E-state index is 12.9. The fraction of sp³-hybridized carbons (Fsp3) is 0.333. The van der Waals surface area contributed by atoms with Crippen LogP contribution < -0.4 is 10.5 Å². The van der Waals surface area contributed by atoms with Gasteiger partial charge in [0.05, 0.1) is 7.11 Å². The maximum Gasteiger partial charge on any atom is 0.200 e. The molecule has 0 amide bonds. The van der Waals surface area contributed by atoms with Gasteiger partial charge in [-0.1, -0.05) is 0 Å². The van der Waals surface area contributed by atoms with Crippen LogP contribution in [-0.2, 0) is 6.42 Å². The first-order valence-corrected chi connectivity index (χ1v) is 3.91. The summed E-state index contributed by atoms with van der Waals surface area (Å²) in [6.45, 7) is 0.397. The largest absolute Gasteiger partial charge is 0.494 e. The number of halogens is 2. The molecule has 0 aromatic heterocycles. The van der Waals surface area contributed by atoms with Crippen LogP contribution in [0.4, 0.5) is 8.78 Å². The van der Waals surface area contributed by atoms with Crippen LogP contribution in [0.15, 0.2) is 12.1 Å². The van der Waals surface area contributed by atoms with Crippen molar-refractivity contribution < 1.29 is 13.5 Å². The van der Waals surface area contributed by atoms with Gasteiger partial charge in [0, 0.05) is 0 Å². The third-order valence-electron chi connectivity index (χ3n) is 1.71. The van der Waals surface area contributed by atoms with E-state index in [0.717, 1.165) is 6.07 Å². The van der Waals surface area contributed by atoms with Gasteiger partial charge in [0.2, 0.25) is 5.82 Å². The molecule has 0 bridgehead atoms. The molecule has 0 atom stereocenters. The quantitative estimate of drug-likeness (QED) is 0.777. The molecule has 0 aliphatic carbocycles. The summed E-state index contributed by atoms with van der Waals surface area (Å²) in [5.74, 6) is -1.94. The van der Waals surface area contributed by atoms with Crippen molar-refractivity contribution in [3.8, 4) is 5.75 Å². The molecule has 13 heavy (non-hydrogen) atoms. The van der Waals surface area contributed by atoms with Gasteiger partial charge in [-0.2, -0.15) is 4.39 Å². The first-order chi connectivity index (χ1) is 6.19. The normalized spacial score (nSPS) is 10.2. The molecule has 1 aromatic rings. The Morgan fingerprint density at radius 2 is 2.08 bits per heavy atom. The predicted octanol–water partition coefficient (Wildman–Crippen LogP) is 1.47. The minimum atomic E-state index is -0.955. The van der Waals surface area contributed by atoms with Crippen LogP contribution in [0.5, 0.6) is 5.75 Å². The third-order valence-corrected chi connectivity index (χ3v) is 1.71. The van der Waals surface area contributed by atoms with Gasteiger partial charge in [0.15, 0.2) is 11.6 Å². The highest BCUT2D eigenvalue weighted by Gasteiger charge is 2.10. The first kappa shape index (κ1) is 9.92. The zero-order valence-electron chi connectivity index (χ0n) is 7.31. The Morgan fingerprint density at radius 3 is 2.62 bits per heavy atom. The summed E-state index contributed by atoms with van der Waals surface area (Å²) in [5, 5.41) is 0. The van der Waals surface area contributed by atoms with E-state index in [1.165, 1.54) is 13.2 Å². The van der Waals surface area contributed by atoms with E-state index in [1.807, 2.05) is 0 Å². The Bertz CT molecular complexity index is 302. The molecule has 0 radical (unpaired) electrons. The van der Waals surface area contributed by atoms with E-state index in [1.54, 1.807) is 0 Å². The molecule has 2 N–H and O–H groups in total. The van der Waals surface area contributed by atoms with Gasteiger partial charge in [-0.25, -0.2) is 4.39 Å². The number of methoxy groups -OCH3 is 1. The van der Waals surface area contributed by atoms with Crippen molar-refractivity contribution in [3.63, 3.8) is 0 Å². The number of hydrogen-bond donors (Lipinski definition) is 1. The fourth-order valence-corrected chi connectivity index (χ4v) is 1.08. The van der Waals surface area contributed by atoms with E-state index in [9.17, 15) is 8.78 Å². The molecule has 0 heterocycles. The Balaban J connectivity index is 3.06. The molecule has 0 fully saturated rings. The molecular weight excluding hydrogens is 176 g/mol. The maximum absolute atomic E-state index is 12.9. The van der Waals surface area contributed by atoms with Crippen molar-refractivity contribution in [1.82, 2.24) is 0 Å². The number of rotatable bonds is 3. The lowest BCUT2D eigenvalue weighted by Crippen LogP contribution is -2.04. The second kappa shape index (κ2) is 4.18. The van der Waals surface area contributed by atoms with E-state index in [4.69, 9.17) is 5.73 Å². The SMILES string of the molecule is COc1cc(CCN)cc(F)c1F. The standard InChI is InChI=1S/C9H11F2NO/c1-13-8-5-6(2-3-12)4-7(10)9(8)11/h4-5H,2-3,12H2,1H3. The molecular formula is C9H11F2NO. The van der Waals surface area contributed by atoms with E-state index in [-0.39, 0.29) is 5.75 Å². The average Bonchev–Trinajstić information content (AvgIpc) is 2.11. The lowest BCUT2D eigenvalue weighted by Gasteiger charge is -2.05. The van der Waals surface area contributed by atoms with E-state index in [0.29, 0.717) is 18.5 Å². The summed E-state index contributed by atoms with van der Waals surface area (Å²) in [5.41, 5.74) is 5.92. The first-order valence-electron chi connectivity index (χ1n) is 3.91. The summed E-state index contributed by atoms with van der Waals surface area (Å²) in [6, 6.07) is 2.58. The Morgan fingerprint density at radius 1 is 1.38 bits per heavy atom. The highest BCUT2D eigenvalue weighted by molar-refractivity contribution is 5.31. The summed E-state index contributed by atoms with van der Waals surface area (Å²) in [7, 11) is 1.30. The van der Waals surface area contributed by atoms with Crippen molar-refractivity contribution in [2.45, 2.75) is 6.42 Å². The lowest BCUT2D eigenvalue weighted by molar-refractivity contribution is 0.371. The number of ether oxygens (including phenoxy) is 1. The minimum Gasteiger partial charge on any atom is -0.494 e. The van der Waals surface area contributed by atoms with E-state index < -0.39 is 11.6 Å². The Labute approximate surface area is 75.3 Å². The van der Waals surface area contributed by atoms with Crippen LogP contribution in [0.25, 0.3) is 0 Å². The van der Waals surface area contributed by atoms with Crippen LogP contribution >= 0.6 is 0 Å². The molecule has 1 rings (SSSR count). The van der Waals surface area contributed by atoms with Crippen molar-refractivity contribution in [3.05, 3.63) is 29.3 Å². The second-order valence-electron chi connectivity index (χ2n) is 2.63. The fourth-order valence-electron chi connectivity index (χ4n) is 1.08. The van der Waals surface area contributed by atoms with Crippen LogP contribution in [0.1, 0.15) is 5.56 Å². The van der Waals surface area contributed by atoms with E-state index >= 15 is 0 Å². The average molecular weight is 187 g/mol. The second-order valence-corrected chi connectivity index (χ2v) is 2.63.